The second-order valence-electron chi connectivity index (χ2n) is 5.03. The lowest BCUT2D eigenvalue weighted by molar-refractivity contribution is 0.372. The van der Waals surface area contributed by atoms with Gasteiger partial charge in [-0.1, -0.05) is 13.0 Å². The molecule has 0 aliphatic rings. The summed E-state index contributed by atoms with van der Waals surface area (Å²) >= 11 is 0. The Bertz CT molecular complexity index is 649. The van der Waals surface area contributed by atoms with Crippen molar-refractivity contribution in [1.29, 1.82) is 0 Å². The molecule has 2 aromatic rings. The van der Waals surface area contributed by atoms with Crippen LogP contribution in [0, 0.1) is 6.92 Å². The number of benzene rings is 2. The standard InChI is InChI=1S/C17H20O4/c1-10-7-16(20-3)15(19)9-13(10)11(2)12-5-6-14(18)17(8-12)21-4/h5-9,11,18-19H,1-4H3. The predicted octanol–water partition coefficient (Wildman–Crippen LogP) is 3.58. The number of methoxy groups -OCH3 is 2. The van der Waals surface area contributed by atoms with Gasteiger partial charge in [0.25, 0.3) is 0 Å². The number of hydrogen-bond donors (Lipinski definition) is 2. The molecule has 0 aliphatic heterocycles. The van der Waals surface area contributed by atoms with Gasteiger partial charge in [-0.2, -0.15) is 0 Å². The molecule has 0 aliphatic carbocycles. The van der Waals surface area contributed by atoms with Crippen LogP contribution in [-0.4, -0.2) is 24.4 Å². The molecule has 0 saturated carbocycles. The number of aryl methyl sites for hydroxylation is 1. The van der Waals surface area contributed by atoms with Gasteiger partial charge in [0, 0.05) is 5.92 Å². The van der Waals surface area contributed by atoms with E-state index < -0.39 is 0 Å². The van der Waals surface area contributed by atoms with Crippen LogP contribution in [0.2, 0.25) is 0 Å². The summed E-state index contributed by atoms with van der Waals surface area (Å²) in [7, 11) is 3.05. The van der Waals surface area contributed by atoms with Crippen molar-refractivity contribution in [2.24, 2.45) is 0 Å². The molecule has 2 rings (SSSR count). The van der Waals surface area contributed by atoms with Gasteiger partial charge in [0.1, 0.15) is 0 Å². The summed E-state index contributed by atoms with van der Waals surface area (Å²) in [5, 5.41) is 19.6. The highest BCUT2D eigenvalue weighted by atomic mass is 16.5. The smallest absolute Gasteiger partial charge is 0.160 e. The molecular formula is C17H20O4. The summed E-state index contributed by atoms with van der Waals surface area (Å²) in [6.45, 7) is 4.02. The molecule has 2 aromatic carbocycles. The minimum absolute atomic E-state index is 0.0521. The molecule has 2 N–H and O–H groups in total. The van der Waals surface area contributed by atoms with Crippen LogP contribution in [0.5, 0.6) is 23.0 Å². The lowest BCUT2D eigenvalue weighted by Gasteiger charge is -2.18. The van der Waals surface area contributed by atoms with Crippen molar-refractivity contribution >= 4 is 0 Å². The number of phenolic OH excluding ortho intramolecular Hbond substituents is 2. The van der Waals surface area contributed by atoms with E-state index >= 15 is 0 Å². The van der Waals surface area contributed by atoms with Crippen molar-refractivity contribution < 1.29 is 19.7 Å². The van der Waals surface area contributed by atoms with E-state index in [1.54, 1.807) is 18.2 Å². The number of rotatable bonds is 4. The average molecular weight is 288 g/mol. The molecule has 4 heteroatoms. The molecule has 0 spiro atoms. The van der Waals surface area contributed by atoms with Gasteiger partial charge in [0.15, 0.2) is 23.0 Å². The average Bonchev–Trinajstić information content (AvgIpc) is 2.49. The zero-order chi connectivity index (χ0) is 15.6. The van der Waals surface area contributed by atoms with Crippen LogP contribution in [0.4, 0.5) is 0 Å². The van der Waals surface area contributed by atoms with Crippen molar-refractivity contribution in [3.63, 3.8) is 0 Å². The maximum atomic E-state index is 9.97. The number of hydrogen-bond acceptors (Lipinski definition) is 4. The first-order valence-corrected chi connectivity index (χ1v) is 6.72. The van der Waals surface area contributed by atoms with Crippen LogP contribution >= 0.6 is 0 Å². The Hall–Kier alpha value is -2.36. The molecule has 4 nitrogen and oxygen atoms in total. The number of phenols is 2. The first-order chi connectivity index (χ1) is 9.97. The zero-order valence-corrected chi connectivity index (χ0v) is 12.7. The van der Waals surface area contributed by atoms with Gasteiger partial charge >= 0.3 is 0 Å². The summed E-state index contributed by atoms with van der Waals surface area (Å²) in [6.07, 6.45) is 0. The fourth-order valence-electron chi connectivity index (χ4n) is 2.46. The van der Waals surface area contributed by atoms with E-state index in [4.69, 9.17) is 9.47 Å². The SMILES string of the molecule is COc1cc(C(C)c2cc(O)c(OC)cc2C)ccc1O. The van der Waals surface area contributed by atoms with Crippen LogP contribution in [0.25, 0.3) is 0 Å². The van der Waals surface area contributed by atoms with Gasteiger partial charge in [-0.05, 0) is 47.9 Å². The molecule has 1 atom stereocenters. The monoisotopic (exact) mass is 288 g/mol. The molecule has 21 heavy (non-hydrogen) atoms. The van der Waals surface area contributed by atoms with Gasteiger partial charge in [-0.25, -0.2) is 0 Å². The van der Waals surface area contributed by atoms with Crippen LogP contribution in [-0.2, 0) is 0 Å². The fourth-order valence-corrected chi connectivity index (χ4v) is 2.46. The van der Waals surface area contributed by atoms with E-state index in [1.807, 2.05) is 26.0 Å². The van der Waals surface area contributed by atoms with Gasteiger partial charge in [0.05, 0.1) is 14.2 Å². The van der Waals surface area contributed by atoms with E-state index in [0.29, 0.717) is 11.5 Å². The number of aromatic hydroxyl groups is 2. The van der Waals surface area contributed by atoms with Crippen LogP contribution in [0.1, 0.15) is 29.5 Å². The summed E-state index contributed by atoms with van der Waals surface area (Å²) in [6, 6.07) is 8.81. The predicted molar refractivity (Wildman–Crippen MR) is 81.6 cm³/mol. The van der Waals surface area contributed by atoms with Gasteiger partial charge in [-0.3, -0.25) is 0 Å². The van der Waals surface area contributed by atoms with E-state index in [-0.39, 0.29) is 17.4 Å². The molecule has 0 amide bonds. The summed E-state index contributed by atoms with van der Waals surface area (Å²) in [4.78, 5) is 0. The van der Waals surface area contributed by atoms with Gasteiger partial charge in [0.2, 0.25) is 0 Å². The molecule has 0 bridgehead atoms. The Labute approximate surface area is 124 Å². The largest absolute Gasteiger partial charge is 0.504 e. The Morgan fingerprint density at radius 2 is 1.52 bits per heavy atom. The molecule has 0 fully saturated rings. The Morgan fingerprint density at radius 1 is 0.905 bits per heavy atom. The molecule has 0 heterocycles. The molecule has 0 saturated heterocycles. The first-order valence-electron chi connectivity index (χ1n) is 6.72. The fraction of sp³-hybridized carbons (Fsp3) is 0.294. The lowest BCUT2D eigenvalue weighted by Crippen LogP contribution is -2.00. The maximum absolute atomic E-state index is 9.97. The van der Waals surface area contributed by atoms with Crippen LogP contribution in [0.15, 0.2) is 30.3 Å². The molecule has 1 unspecified atom stereocenters. The third-order valence-corrected chi connectivity index (χ3v) is 3.74. The number of ether oxygens (including phenoxy) is 2. The molecule has 112 valence electrons. The van der Waals surface area contributed by atoms with Crippen molar-refractivity contribution in [2.75, 3.05) is 14.2 Å². The minimum Gasteiger partial charge on any atom is -0.504 e. The quantitative estimate of drug-likeness (QED) is 0.903. The highest BCUT2D eigenvalue weighted by molar-refractivity contribution is 5.51. The Balaban J connectivity index is 2.44. The van der Waals surface area contributed by atoms with E-state index in [9.17, 15) is 10.2 Å². The van der Waals surface area contributed by atoms with E-state index in [0.717, 1.165) is 16.7 Å². The molecular weight excluding hydrogens is 268 g/mol. The van der Waals surface area contributed by atoms with Crippen molar-refractivity contribution in [3.05, 3.63) is 47.0 Å². The minimum atomic E-state index is 0.0521. The van der Waals surface area contributed by atoms with Crippen molar-refractivity contribution in [1.82, 2.24) is 0 Å². The third kappa shape index (κ3) is 2.89. The molecule has 0 radical (unpaired) electrons. The second kappa shape index (κ2) is 5.95. The zero-order valence-electron chi connectivity index (χ0n) is 12.7. The van der Waals surface area contributed by atoms with E-state index in [1.165, 1.54) is 14.2 Å². The van der Waals surface area contributed by atoms with Crippen molar-refractivity contribution in [3.8, 4) is 23.0 Å². The van der Waals surface area contributed by atoms with Gasteiger partial charge < -0.3 is 19.7 Å². The third-order valence-electron chi connectivity index (χ3n) is 3.74. The van der Waals surface area contributed by atoms with Gasteiger partial charge in [-0.15, -0.1) is 0 Å². The first kappa shape index (κ1) is 15.0. The second-order valence-corrected chi connectivity index (χ2v) is 5.03. The Morgan fingerprint density at radius 3 is 2.14 bits per heavy atom. The summed E-state index contributed by atoms with van der Waals surface area (Å²) < 4.78 is 10.3. The van der Waals surface area contributed by atoms with Crippen molar-refractivity contribution in [2.45, 2.75) is 19.8 Å². The molecule has 0 aromatic heterocycles. The normalized spacial score (nSPS) is 12.0. The summed E-state index contributed by atoms with van der Waals surface area (Å²) in [5.41, 5.74) is 3.03. The van der Waals surface area contributed by atoms with Crippen LogP contribution < -0.4 is 9.47 Å². The topological polar surface area (TPSA) is 58.9 Å². The highest BCUT2D eigenvalue weighted by Gasteiger charge is 2.16. The lowest BCUT2D eigenvalue weighted by atomic mass is 9.89. The van der Waals surface area contributed by atoms with Crippen LogP contribution in [0.3, 0.4) is 0 Å². The highest BCUT2D eigenvalue weighted by Crippen LogP contribution is 2.37. The maximum Gasteiger partial charge on any atom is 0.160 e. The summed E-state index contributed by atoms with van der Waals surface area (Å²) in [5.74, 6) is 1.19. The van der Waals surface area contributed by atoms with E-state index in [2.05, 4.69) is 0 Å². The Kier molecular flexibility index (Phi) is 4.26.